The Morgan fingerprint density at radius 3 is 2.63 bits per heavy atom. The molecule has 1 aliphatic carbocycles. The van der Waals surface area contributed by atoms with Crippen LogP contribution in [0.4, 0.5) is 0 Å². The summed E-state index contributed by atoms with van der Waals surface area (Å²) in [6.07, 6.45) is 10.2. The summed E-state index contributed by atoms with van der Waals surface area (Å²) in [5, 5.41) is 5.14. The van der Waals surface area contributed by atoms with Gasteiger partial charge in [0, 0.05) is 41.7 Å². The number of aromatic nitrogens is 6. The van der Waals surface area contributed by atoms with E-state index in [9.17, 15) is 14.4 Å². The molecule has 3 atom stereocenters. The molecule has 1 saturated carbocycles. The quantitative estimate of drug-likeness (QED) is 0.177. The highest BCUT2D eigenvalue weighted by atomic mass is 79.9. The lowest BCUT2D eigenvalue weighted by atomic mass is 9.95. The fourth-order valence-corrected chi connectivity index (χ4v) is 6.94. The van der Waals surface area contributed by atoms with Crippen LogP contribution < -0.4 is 0 Å². The molecule has 6 heterocycles. The molecule has 1 amide bonds. The van der Waals surface area contributed by atoms with Gasteiger partial charge < -0.3 is 14.4 Å². The molecule has 7 rings (SSSR count). The van der Waals surface area contributed by atoms with Gasteiger partial charge in [0.05, 0.1) is 62.0 Å². The van der Waals surface area contributed by atoms with Gasteiger partial charge in [0.15, 0.2) is 11.6 Å². The Balaban J connectivity index is 1.20. The number of hydrogen-bond acceptors (Lipinski definition) is 10. The Labute approximate surface area is 273 Å². The van der Waals surface area contributed by atoms with Crippen LogP contribution in [0.1, 0.15) is 47.3 Å². The van der Waals surface area contributed by atoms with Crippen LogP contribution in [0.15, 0.2) is 53.5 Å². The van der Waals surface area contributed by atoms with E-state index in [2.05, 4.69) is 41.0 Å². The van der Waals surface area contributed by atoms with Crippen molar-refractivity contribution in [1.29, 1.82) is 0 Å². The predicted molar refractivity (Wildman–Crippen MR) is 170 cm³/mol. The number of ether oxygens (including phenoxy) is 2. The van der Waals surface area contributed by atoms with E-state index in [1.54, 1.807) is 36.5 Å². The van der Waals surface area contributed by atoms with Gasteiger partial charge in [-0.25, -0.2) is 15.0 Å². The van der Waals surface area contributed by atoms with Crippen molar-refractivity contribution in [2.45, 2.75) is 58.3 Å². The number of rotatable bonds is 4. The molecular weight excluding hydrogens is 654 g/mol. The summed E-state index contributed by atoms with van der Waals surface area (Å²) in [5.74, 6) is 0.0784. The molecule has 1 saturated heterocycles. The predicted octanol–water partition coefficient (Wildman–Crippen LogP) is 3.83. The highest BCUT2D eigenvalue weighted by Crippen LogP contribution is 2.60. The highest BCUT2D eigenvalue weighted by molar-refractivity contribution is 9.10. The van der Waals surface area contributed by atoms with Crippen LogP contribution in [0.3, 0.4) is 0 Å². The first-order valence-corrected chi connectivity index (χ1v) is 16.0. The number of likely N-dealkylation sites (tertiary alicyclic amines) is 1. The van der Waals surface area contributed by atoms with Gasteiger partial charge in [-0.15, -0.1) is 0 Å². The molecule has 12 nitrogen and oxygen atoms in total. The zero-order valence-corrected chi connectivity index (χ0v) is 27.1. The maximum Gasteiger partial charge on any atom is 0.245 e. The summed E-state index contributed by atoms with van der Waals surface area (Å²) >= 11 is 3.43. The molecule has 2 bridgehead atoms. The Hall–Kier alpha value is -4.20. The van der Waals surface area contributed by atoms with E-state index >= 15 is 0 Å². The summed E-state index contributed by atoms with van der Waals surface area (Å²) in [6.45, 7) is 4.71. The number of carbonyl (C=O) groups excluding carboxylic acids is 3. The van der Waals surface area contributed by atoms with Crippen LogP contribution in [0.2, 0.25) is 0 Å². The minimum absolute atomic E-state index is 0.0701. The third-order valence-corrected chi connectivity index (χ3v) is 9.47. The van der Waals surface area contributed by atoms with Crippen LogP contribution in [0.5, 0.6) is 0 Å². The molecule has 46 heavy (non-hydrogen) atoms. The molecule has 13 heteroatoms. The van der Waals surface area contributed by atoms with E-state index in [1.807, 2.05) is 24.3 Å². The minimum atomic E-state index is -0.634. The first kappa shape index (κ1) is 30.5. The largest absolute Gasteiger partial charge is 0.377 e. The number of nitrogens with zero attached hydrogens (tertiary/aromatic N) is 7. The van der Waals surface area contributed by atoms with Gasteiger partial charge in [-0.2, -0.15) is 5.10 Å². The number of pyridine rings is 2. The number of fused-ring (bicyclic) bond motifs is 3. The van der Waals surface area contributed by atoms with E-state index in [0.717, 1.165) is 12.0 Å². The summed E-state index contributed by atoms with van der Waals surface area (Å²) in [7, 11) is 0. The van der Waals surface area contributed by atoms with Gasteiger partial charge in [-0.3, -0.25) is 24.0 Å². The minimum Gasteiger partial charge on any atom is -0.377 e. The Kier molecular flexibility index (Phi) is 8.07. The average Bonchev–Trinajstić information content (AvgIpc) is 3.45. The van der Waals surface area contributed by atoms with Crippen molar-refractivity contribution < 1.29 is 23.9 Å². The molecule has 2 fully saturated rings. The molecule has 2 aliphatic heterocycles. The lowest BCUT2D eigenvalue weighted by Crippen LogP contribution is -2.45. The monoisotopic (exact) mass is 685 g/mol. The zero-order chi connectivity index (χ0) is 32.0. The van der Waals surface area contributed by atoms with Crippen molar-refractivity contribution in [1.82, 2.24) is 34.6 Å². The van der Waals surface area contributed by atoms with Gasteiger partial charge in [-0.1, -0.05) is 18.2 Å². The smallest absolute Gasteiger partial charge is 0.245 e. The van der Waals surface area contributed by atoms with Crippen LogP contribution >= 0.6 is 15.9 Å². The second-order valence-corrected chi connectivity index (χ2v) is 13.0. The third-order valence-electron chi connectivity index (χ3n) is 9.03. The maximum atomic E-state index is 14.2. The zero-order valence-electron chi connectivity index (χ0n) is 25.5. The molecular formula is C33H32BrN7O5. The van der Waals surface area contributed by atoms with Crippen molar-refractivity contribution in [3.63, 3.8) is 0 Å². The number of Topliss-reactive ketones (excluding diaryl/α,β-unsaturated/α-hetero) is 2. The third kappa shape index (κ3) is 5.78. The van der Waals surface area contributed by atoms with Crippen LogP contribution in [-0.4, -0.2) is 84.0 Å². The molecule has 0 radical (unpaired) electrons. The summed E-state index contributed by atoms with van der Waals surface area (Å²) < 4.78 is 13.9. The fourth-order valence-electron chi connectivity index (χ4n) is 6.59. The molecule has 0 unspecified atom stereocenters. The number of carbonyl (C=O) groups is 3. The van der Waals surface area contributed by atoms with Crippen molar-refractivity contribution >= 4 is 44.3 Å². The summed E-state index contributed by atoms with van der Waals surface area (Å²) in [5.41, 5.74) is 3.26. The second-order valence-electron chi connectivity index (χ2n) is 12.2. The maximum absolute atomic E-state index is 14.2. The van der Waals surface area contributed by atoms with Crippen LogP contribution in [-0.2, 0) is 38.6 Å². The number of ketones is 2. The second kappa shape index (κ2) is 12.2. The van der Waals surface area contributed by atoms with Gasteiger partial charge in [-0.05, 0) is 53.4 Å². The number of piperidine rings is 1. The van der Waals surface area contributed by atoms with Crippen molar-refractivity contribution in [3.8, 4) is 11.3 Å². The first-order valence-electron chi connectivity index (χ1n) is 15.2. The Bertz CT molecular complexity index is 1890. The Morgan fingerprint density at radius 1 is 1.07 bits per heavy atom. The molecule has 236 valence electrons. The number of amides is 1. The van der Waals surface area contributed by atoms with E-state index in [1.165, 1.54) is 11.6 Å². The van der Waals surface area contributed by atoms with E-state index in [0.29, 0.717) is 71.1 Å². The lowest BCUT2D eigenvalue weighted by molar-refractivity contribution is -0.139. The number of aryl methyl sites for hydroxylation is 1. The number of halogens is 1. The Morgan fingerprint density at radius 2 is 1.85 bits per heavy atom. The van der Waals surface area contributed by atoms with E-state index in [-0.39, 0.29) is 47.6 Å². The highest BCUT2D eigenvalue weighted by Gasteiger charge is 2.67. The van der Waals surface area contributed by atoms with Gasteiger partial charge in [0.2, 0.25) is 5.91 Å². The van der Waals surface area contributed by atoms with Gasteiger partial charge in [0.1, 0.15) is 22.7 Å². The lowest BCUT2D eigenvalue weighted by Gasteiger charge is -2.27. The SMILES string of the molecule is CC(=O)c1nn(CC(=O)N2[C@H]3C[C@@]4(COC/C=C/COCc5ccc(Br)nc5CC3=O)C[C@@H]24)c2cnc(-c3cnc(C)nc3)cc12. The topological polar surface area (TPSA) is 142 Å². The fraction of sp³-hybridized carbons (Fsp3) is 0.394. The first-order chi connectivity index (χ1) is 22.2. The van der Waals surface area contributed by atoms with Crippen molar-refractivity contribution in [2.75, 3.05) is 19.8 Å². The van der Waals surface area contributed by atoms with Crippen molar-refractivity contribution in [2.24, 2.45) is 5.41 Å². The number of hydrogen-bond donors (Lipinski definition) is 0. The standard InChI is InChI=1S/C33H32BrN7O5/c1-19(42)32-23-9-24(22-13-35-20(2)36-14-22)37-15-27(23)40(39-32)16-31(44)41-26-11-33(12-29(33)41)18-46-8-4-3-7-45-17-21-5-6-30(34)38-25(21)10-28(26)43/h3-6,9,13-15,26,29H,7-8,10-12,16-18H2,1-2H3/b4-3+/t26-,29+,33-/m0/s1. The average molecular weight is 687 g/mol. The van der Waals surface area contributed by atoms with Crippen LogP contribution in [0, 0.1) is 12.3 Å². The molecule has 4 aromatic rings. The molecule has 3 aliphatic rings. The molecule has 0 aromatic carbocycles. The van der Waals surface area contributed by atoms with Crippen LogP contribution in [0.25, 0.3) is 22.2 Å². The molecule has 4 aromatic heterocycles. The van der Waals surface area contributed by atoms with E-state index in [4.69, 9.17) is 9.47 Å². The van der Waals surface area contributed by atoms with Crippen molar-refractivity contribution in [3.05, 3.63) is 76.3 Å². The van der Waals surface area contributed by atoms with Gasteiger partial charge >= 0.3 is 0 Å². The van der Waals surface area contributed by atoms with Gasteiger partial charge in [0.25, 0.3) is 0 Å². The molecule has 0 N–H and O–H groups in total. The summed E-state index contributed by atoms with van der Waals surface area (Å²) in [4.78, 5) is 60.2. The van der Waals surface area contributed by atoms with E-state index < -0.39 is 6.04 Å². The normalized spacial score (nSPS) is 23.7. The summed E-state index contributed by atoms with van der Waals surface area (Å²) in [6, 6.07) is 4.75. The molecule has 1 spiro atoms.